The number of rotatable bonds is 9. The number of thioether (sulfide) groups is 1. The van der Waals surface area contributed by atoms with Crippen LogP contribution in [-0.2, 0) is 6.42 Å². The zero-order chi connectivity index (χ0) is 29.8. The molecule has 2 aromatic carbocycles. The number of nitrogens with zero attached hydrogens (tertiary/aromatic N) is 2. The molecule has 41 heavy (non-hydrogen) atoms. The van der Waals surface area contributed by atoms with Crippen LogP contribution in [-0.4, -0.2) is 35.5 Å². The molecule has 2 heterocycles. The summed E-state index contributed by atoms with van der Waals surface area (Å²) in [5, 5.41) is 14.1. The monoisotopic (exact) mass is 584 g/mol. The van der Waals surface area contributed by atoms with Gasteiger partial charge in [0.05, 0.1) is 30.9 Å². The molecule has 0 fully saturated rings. The molecule has 6 nitrogen and oxygen atoms in total. The number of ether oxygens (including phenoxy) is 2. The third-order valence-electron chi connectivity index (χ3n) is 7.13. The van der Waals surface area contributed by atoms with Gasteiger partial charge in [-0.3, -0.25) is 9.36 Å². The maximum atomic E-state index is 15.6. The molecule has 0 saturated heterocycles. The number of hydrogen-bond donors (Lipinski definition) is 1. The first kappa shape index (κ1) is 30.0. The first-order valence-corrected chi connectivity index (χ1v) is 14.0. The maximum Gasteiger partial charge on any atom is 0.260 e. The van der Waals surface area contributed by atoms with E-state index in [0.29, 0.717) is 39.6 Å². The molecule has 1 atom stereocenters. The molecule has 1 aromatic heterocycles. The fourth-order valence-corrected chi connectivity index (χ4v) is 6.39. The van der Waals surface area contributed by atoms with E-state index in [1.807, 2.05) is 0 Å². The number of pyridine rings is 1. The van der Waals surface area contributed by atoms with E-state index in [-0.39, 0.29) is 34.6 Å². The van der Waals surface area contributed by atoms with Crippen molar-refractivity contribution in [1.82, 2.24) is 4.57 Å². The molecule has 1 N–H and O–H groups in total. The van der Waals surface area contributed by atoms with Crippen LogP contribution in [0.2, 0.25) is 0 Å². The number of benzene rings is 2. The lowest BCUT2D eigenvalue weighted by molar-refractivity contribution is 0.315. The number of aromatic nitrogens is 1. The van der Waals surface area contributed by atoms with E-state index in [9.17, 15) is 14.4 Å². The van der Waals surface area contributed by atoms with Crippen molar-refractivity contribution in [2.75, 3.05) is 20.0 Å². The Balaban J connectivity index is 2.02. The minimum atomic E-state index is -0.748. The number of oxime groups is 1. The zero-order valence-electron chi connectivity index (χ0n) is 23.4. The highest BCUT2D eigenvalue weighted by molar-refractivity contribution is 7.99. The van der Waals surface area contributed by atoms with Crippen molar-refractivity contribution in [2.24, 2.45) is 5.16 Å². The van der Waals surface area contributed by atoms with Gasteiger partial charge >= 0.3 is 0 Å². The van der Waals surface area contributed by atoms with Crippen LogP contribution < -0.4 is 15.0 Å². The molecule has 216 valence electrons. The Hall–Kier alpha value is -3.92. The molecule has 10 heteroatoms. The van der Waals surface area contributed by atoms with Crippen LogP contribution in [0.1, 0.15) is 43.0 Å². The van der Waals surface area contributed by atoms with E-state index in [4.69, 9.17) is 9.47 Å². The van der Waals surface area contributed by atoms with Gasteiger partial charge < -0.3 is 14.7 Å². The van der Waals surface area contributed by atoms with Crippen LogP contribution >= 0.6 is 11.8 Å². The topological polar surface area (TPSA) is 73.1 Å². The van der Waals surface area contributed by atoms with E-state index in [1.165, 1.54) is 55.7 Å². The highest BCUT2D eigenvalue weighted by Crippen LogP contribution is 2.42. The Morgan fingerprint density at radius 1 is 1.17 bits per heavy atom. The average Bonchev–Trinajstić information content (AvgIpc) is 3.39. The van der Waals surface area contributed by atoms with Crippen LogP contribution in [0.15, 0.2) is 80.7 Å². The average molecular weight is 585 g/mol. The summed E-state index contributed by atoms with van der Waals surface area (Å²) in [6.07, 6.45) is 1.49. The molecular formula is C31H31F3N2O4S. The maximum absolute atomic E-state index is 15.6. The minimum absolute atomic E-state index is 0.00180. The van der Waals surface area contributed by atoms with Crippen LogP contribution in [0.25, 0.3) is 11.1 Å². The molecular weight excluding hydrogens is 553 g/mol. The largest absolute Gasteiger partial charge is 0.497 e. The molecule has 1 unspecified atom stereocenters. The molecule has 0 radical (unpaired) electrons. The SMILES string of the molecule is CC/C=C(F)\C(Cc1c(C)c(-c2cccc(OC)c2F)c(=O)n2c1SCC2/C(=N/O)c1ccc(OC)cc1)=C(/C)F. The number of fused-ring (bicyclic) bond motifs is 1. The highest BCUT2D eigenvalue weighted by atomic mass is 32.2. The fourth-order valence-electron chi connectivity index (χ4n) is 5.02. The van der Waals surface area contributed by atoms with E-state index in [0.717, 1.165) is 0 Å². The Bertz CT molecular complexity index is 1610. The molecule has 0 bridgehead atoms. The minimum Gasteiger partial charge on any atom is -0.497 e. The molecule has 1 aliphatic heterocycles. The van der Waals surface area contributed by atoms with Crippen molar-refractivity contribution < 1.29 is 27.9 Å². The predicted molar refractivity (Wildman–Crippen MR) is 155 cm³/mol. The van der Waals surface area contributed by atoms with Gasteiger partial charge in [-0.15, -0.1) is 11.8 Å². The number of methoxy groups -OCH3 is 2. The van der Waals surface area contributed by atoms with E-state index in [2.05, 4.69) is 5.16 Å². The summed E-state index contributed by atoms with van der Waals surface area (Å²) in [4.78, 5) is 14.2. The number of halogens is 3. The van der Waals surface area contributed by atoms with Crippen LogP contribution in [0.4, 0.5) is 13.2 Å². The van der Waals surface area contributed by atoms with E-state index >= 15 is 8.78 Å². The summed E-state index contributed by atoms with van der Waals surface area (Å²) in [5.74, 6) is -1.27. The second-order valence-electron chi connectivity index (χ2n) is 9.47. The molecule has 0 spiro atoms. The van der Waals surface area contributed by atoms with Gasteiger partial charge in [0, 0.05) is 28.9 Å². The molecule has 4 rings (SSSR count). The lowest BCUT2D eigenvalue weighted by atomic mass is 9.93. The van der Waals surface area contributed by atoms with Crippen molar-refractivity contribution in [3.63, 3.8) is 0 Å². The summed E-state index contributed by atoms with van der Waals surface area (Å²) in [7, 11) is 2.86. The lowest BCUT2D eigenvalue weighted by Crippen LogP contribution is -2.32. The predicted octanol–water partition coefficient (Wildman–Crippen LogP) is 7.55. The van der Waals surface area contributed by atoms with Gasteiger partial charge in [0.1, 0.15) is 23.1 Å². The fraction of sp³-hybridized carbons (Fsp3) is 0.290. The van der Waals surface area contributed by atoms with E-state index < -0.39 is 29.1 Å². The first-order chi connectivity index (χ1) is 19.7. The standard InChI is InChI=1S/C31H31F3N2O4S/c1-6-8-24(33)23(18(3)32)15-22-17(2)27(21-9-7-10-26(40-5)28(21)34)30(37)36-25(16-41-31(22)36)29(35-38)19-11-13-20(39-4)14-12-19/h7-14,25,38H,6,15-16H2,1-5H3/b23-18+,24-8+,35-29+. The van der Waals surface area contributed by atoms with Gasteiger partial charge in [-0.1, -0.05) is 24.2 Å². The molecule has 1 aliphatic rings. The zero-order valence-corrected chi connectivity index (χ0v) is 24.2. The lowest BCUT2D eigenvalue weighted by Gasteiger charge is -2.22. The normalized spacial score (nSPS) is 16.0. The second kappa shape index (κ2) is 12.7. The van der Waals surface area contributed by atoms with Crippen molar-refractivity contribution >= 4 is 17.5 Å². The van der Waals surface area contributed by atoms with Gasteiger partial charge in [-0.05, 0) is 67.8 Å². The third kappa shape index (κ3) is 5.66. The molecule has 3 aromatic rings. The van der Waals surface area contributed by atoms with Crippen molar-refractivity contribution in [2.45, 2.75) is 44.7 Å². The van der Waals surface area contributed by atoms with Gasteiger partial charge in [0.2, 0.25) is 0 Å². The Morgan fingerprint density at radius 2 is 1.88 bits per heavy atom. The number of allylic oxidation sites excluding steroid dienone is 4. The first-order valence-electron chi connectivity index (χ1n) is 13.0. The van der Waals surface area contributed by atoms with Gasteiger partial charge in [-0.25, -0.2) is 13.2 Å². The summed E-state index contributed by atoms with van der Waals surface area (Å²) in [6.45, 7) is 4.58. The Labute approximate surface area is 240 Å². The van der Waals surface area contributed by atoms with Gasteiger partial charge in [0.25, 0.3) is 5.56 Å². The van der Waals surface area contributed by atoms with Crippen LogP contribution in [0.3, 0.4) is 0 Å². The number of hydrogen-bond acceptors (Lipinski definition) is 6. The van der Waals surface area contributed by atoms with E-state index in [1.54, 1.807) is 44.2 Å². The molecule has 0 amide bonds. The quantitative estimate of drug-likeness (QED) is 0.122. The summed E-state index contributed by atoms with van der Waals surface area (Å²) < 4.78 is 57.1. The third-order valence-corrected chi connectivity index (χ3v) is 8.33. The van der Waals surface area contributed by atoms with Gasteiger partial charge in [0.15, 0.2) is 11.6 Å². The summed E-state index contributed by atoms with van der Waals surface area (Å²) >= 11 is 1.31. The second-order valence-corrected chi connectivity index (χ2v) is 10.5. The van der Waals surface area contributed by atoms with Crippen molar-refractivity contribution in [3.8, 4) is 22.6 Å². The Morgan fingerprint density at radius 3 is 2.46 bits per heavy atom. The smallest absolute Gasteiger partial charge is 0.260 e. The highest BCUT2D eigenvalue weighted by Gasteiger charge is 2.35. The van der Waals surface area contributed by atoms with Crippen molar-refractivity contribution in [3.05, 3.63) is 98.6 Å². The molecule has 0 aliphatic carbocycles. The summed E-state index contributed by atoms with van der Waals surface area (Å²) in [5.41, 5.74) is 1.00. The molecule has 0 saturated carbocycles. The van der Waals surface area contributed by atoms with Crippen LogP contribution in [0, 0.1) is 12.7 Å². The van der Waals surface area contributed by atoms with Crippen molar-refractivity contribution in [1.29, 1.82) is 0 Å². The summed E-state index contributed by atoms with van der Waals surface area (Å²) in [6, 6.07) is 10.5. The Kier molecular flexibility index (Phi) is 9.32. The van der Waals surface area contributed by atoms with Gasteiger partial charge in [-0.2, -0.15) is 0 Å². The van der Waals surface area contributed by atoms with Crippen LogP contribution in [0.5, 0.6) is 11.5 Å².